The lowest BCUT2D eigenvalue weighted by molar-refractivity contribution is -0.0987. The van der Waals surface area contributed by atoms with E-state index >= 15 is 0 Å². The van der Waals surface area contributed by atoms with Crippen LogP contribution in [-0.4, -0.2) is 57.6 Å². The van der Waals surface area contributed by atoms with Crippen molar-refractivity contribution < 1.29 is 4.79 Å². The number of rotatable bonds is 3. The van der Waals surface area contributed by atoms with Gasteiger partial charge in [0.2, 0.25) is 0 Å². The van der Waals surface area contributed by atoms with Gasteiger partial charge < -0.3 is 4.90 Å². The van der Waals surface area contributed by atoms with Crippen LogP contribution >= 0.6 is 0 Å². The highest BCUT2D eigenvalue weighted by molar-refractivity contribution is 5.95. The van der Waals surface area contributed by atoms with Crippen molar-refractivity contribution in [2.24, 2.45) is 17.8 Å². The zero-order valence-corrected chi connectivity index (χ0v) is 15.3. The van der Waals surface area contributed by atoms with Crippen LogP contribution in [0.1, 0.15) is 61.5 Å². The Labute approximate surface area is 150 Å². The van der Waals surface area contributed by atoms with Gasteiger partial charge in [-0.05, 0) is 62.7 Å². The van der Waals surface area contributed by atoms with Crippen LogP contribution in [0, 0.1) is 17.8 Å². The van der Waals surface area contributed by atoms with Gasteiger partial charge in [0.05, 0.1) is 11.8 Å². The van der Waals surface area contributed by atoms with Crippen LogP contribution in [0.2, 0.25) is 0 Å². The van der Waals surface area contributed by atoms with E-state index in [0.29, 0.717) is 5.54 Å². The summed E-state index contributed by atoms with van der Waals surface area (Å²) in [7, 11) is 0. The van der Waals surface area contributed by atoms with Gasteiger partial charge in [0.1, 0.15) is 0 Å². The number of H-pyrrole nitrogens is 1. The van der Waals surface area contributed by atoms with Gasteiger partial charge in [0.25, 0.3) is 5.91 Å². The summed E-state index contributed by atoms with van der Waals surface area (Å²) in [6.07, 6.45) is 11.3. The van der Waals surface area contributed by atoms with E-state index in [9.17, 15) is 4.79 Å². The molecule has 1 N–H and O–H groups in total. The van der Waals surface area contributed by atoms with Gasteiger partial charge in [-0.1, -0.05) is 6.92 Å². The Kier molecular flexibility index (Phi) is 3.70. The van der Waals surface area contributed by atoms with Crippen molar-refractivity contribution in [3.05, 3.63) is 17.5 Å². The molecule has 5 fully saturated rings. The molecule has 4 aliphatic carbocycles. The zero-order valence-electron chi connectivity index (χ0n) is 15.3. The molecule has 0 spiro atoms. The number of aromatic amines is 1. The zero-order chi connectivity index (χ0) is 17.0. The van der Waals surface area contributed by atoms with Gasteiger partial charge in [-0.15, -0.1) is 0 Å². The Bertz CT molecular complexity index is 623. The number of hydrogen-bond donors (Lipinski definition) is 1. The van der Waals surface area contributed by atoms with Gasteiger partial charge in [0, 0.05) is 37.4 Å². The van der Waals surface area contributed by atoms with Crippen LogP contribution in [0.4, 0.5) is 0 Å². The Morgan fingerprint density at radius 3 is 2.28 bits per heavy atom. The number of piperazine rings is 1. The monoisotopic (exact) mass is 342 g/mol. The molecule has 1 aromatic rings. The summed E-state index contributed by atoms with van der Waals surface area (Å²) < 4.78 is 0. The molecule has 4 bridgehead atoms. The molecular formula is C20H30N4O. The third kappa shape index (κ3) is 2.54. The average Bonchev–Trinajstić information content (AvgIpc) is 3.09. The molecule has 1 saturated heterocycles. The first-order valence-electron chi connectivity index (χ1n) is 10.2. The smallest absolute Gasteiger partial charge is 0.257 e. The van der Waals surface area contributed by atoms with Gasteiger partial charge in [-0.2, -0.15) is 5.10 Å². The molecular weight excluding hydrogens is 312 g/mol. The third-order valence-corrected chi connectivity index (χ3v) is 7.55. The van der Waals surface area contributed by atoms with Crippen LogP contribution < -0.4 is 0 Å². The maximum absolute atomic E-state index is 12.8. The number of amides is 1. The molecule has 1 aromatic heterocycles. The minimum atomic E-state index is 0.163. The molecule has 6 rings (SSSR count). The lowest BCUT2D eigenvalue weighted by atomic mass is 9.52. The van der Waals surface area contributed by atoms with Crippen LogP contribution in [0.15, 0.2) is 6.20 Å². The second kappa shape index (κ2) is 5.83. The molecule has 0 atom stereocenters. The number of nitrogens with zero attached hydrogens (tertiary/aromatic N) is 3. The summed E-state index contributed by atoms with van der Waals surface area (Å²) in [4.78, 5) is 17.7. The molecule has 0 radical (unpaired) electrons. The fraction of sp³-hybridized carbons (Fsp3) is 0.800. The first-order valence-corrected chi connectivity index (χ1v) is 10.2. The van der Waals surface area contributed by atoms with Gasteiger partial charge >= 0.3 is 0 Å². The molecule has 2 heterocycles. The van der Waals surface area contributed by atoms with E-state index < -0.39 is 0 Å². The molecule has 5 heteroatoms. The molecule has 1 aliphatic heterocycles. The number of carbonyl (C=O) groups is 1. The molecule has 1 amide bonds. The first-order chi connectivity index (χ1) is 12.2. The summed E-state index contributed by atoms with van der Waals surface area (Å²) in [6, 6.07) is 0. The first kappa shape index (κ1) is 15.9. The molecule has 0 aromatic carbocycles. The normalized spacial score (nSPS) is 37.6. The molecule has 5 nitrogen and oxygen atoms in total. The van der Waals surface area contributed by atoms with Crippen molar-refractivity contribution in [3.63, 3.8) is 0 Å². The second-order valence-corrected chi connectivity index (χ2v) is 9.04. The average molecular weight is 342 g/mol. The number of hydrogen-bond acceptors (Lipinski definition) is 3. The highest BCUT2D eigenvalue weighted by Gasteiger charge is 2.53. The summed E-state index contributed by atoms with van der Waals surface area (Å²) in [6.45, 7) is 5.91. The van der Waals surface area contributed by atoms with E-state index in [4.69, 9.17) is 0 Å². The SMILES string of the molecule is CCc1[nH]ncc1C(=O)N1CCN(C23CC4CC(CC(C4)C2)C3)CC1. The van der Waals surface area contributed by atoms with Crippen molar-refractivity contribution in [1.82, 2.24) is 20.0 Å². The fourth-order valence-electron chi connectivity index (χ4n) is 6.77. The largest absolute Gasteiger partial charge is 0.336 e. The van der Waals surface area contributed by atoms with Crippen LogP contribution in [-0.2, 0) is 6.42 Å². The van der Waals surface area contributed by atoms with Crippen molar-refractivity contribution in [1.29, 1.82) is 0 Å². The van der Waals surface area contributed by atoms with Crippen LogP contribution in [0.25, 0.3) is 0 Å². The van der Waals surface area contributed by atoms with Crippen molar-refractivity contribution >= 4 is 5.91 Å². The quantitative estimate of drug-likeness (QED) is 0.919. The molecule has 4 saturated carbocycles. The van der Waals surface area contributed by atoms with Gasteiger partial charge in [-0.25, -0.2) is 0 Å². The molecule has 0 unspecified atom stereocenters. The number of nitrogens with one attached hydrogen (secondary N) is 1. The minimum Gasteiger partial charge on any atom is -0.336 e. The summed E-state index contributed by atoms with van der Waals surface area (Å²) in [5.41, 5.74) is 2.22. The van der Waals surface area contributed by atoms with E-state index in [-0.39, 0.29) is 5.91 Å². The van der Waals surface area contributed by atoms with Gasteiger partial charge in [-0.3, -0.25) is 14.8 Å². The predicted octanol–water partition coefficient (Wildman–Crippen LogP) is 2.70. The van der Waals surface area contributed by atoms with Crippen molar-refractivity contribution in [3.8, 4) is 0 Å². The Morgan fingerprint density at radius 1 is 1.12 bits per heavy atom. The summed E-state index contributed by atoms with van der Waals surface area (Å²) in [5.74, 6) is 3.13. The maximum atomic E-state index is 12.8. The van der Waals surface area contributed by atoms with Gasteiger partial charge in [0.15, 0.2) is 0 Å². The maximum Gasteiger partial charge on any atom is 0.257 e. The van der Waals surface area contributed by atoms with Crippen molar-refractivity contribution in [2.45, 2.75) is 57.4 Å². The van der Waals surface area contributed by atoms with E-state index in [1.165, 1.54) is 38.5 Å². The Morgan fingerprint density at radius 2 is 1.72 bits per heavy atom. The Balaban J connectivity index is 1.27. The Hall–Kier alpha value is -1.36. The highest BCUT2D eigenvalue weighted by atomic mass is 16.2. The van der Waals surface area contributed by atoms with E-state index in [2.05, 4.69) is 22.0 Å². The van der Waals surface area contributed by atoms with E-state index in [1.807, 2.05) is 4.90 Å². The lowest BCUT2D eigenvalue weighted by Gasteiger charge is -2.61. The lowest BCUT2D eigenvalue weighted by Crippen LogP contribution is -2.64. The number of aromatic nitrogens is 2. The predicted molar refractivity (Wildman–Crippen MR) is 96.3 cm³/mol. The molecule has 25 heavy (non-hydrogen) atoms. The fourth-order valence-corrected chi connectivity index (χ4v) is 6.77. The topological polar surface area (TPSA) is 52.2 Å². The molecule has 136 valence electrons. The number of carbonyl (C=O) groups excluding carboxylic acids is 1. The summed E-state index contributed by atoms with van der Waals surface area (Å²) >= 11 is 0. The third-order valence-electron chi connectivity index (χ3n) is 7.55. The second-order valence-electron chi connectivity index (χ2n) is 9.04. The van der Waals surface area contributed by atoms with Crippen LogP contribution in [0.5, 0.6) is 0 Å². The summed E-state index contributed by atoms with van der Waals surface area (Å²) in [5, 5.41) is 7.03. The molecule has 5 aliphatic rings. The number of aryl methyl sites for hydroxylation is 1. The minimum absolute atomic E-state index is 0.163. The standard InChI is InChI=1S/C20H30N4O/c1-2-18-17(13-21-22-18)19(25)23-3-5-24(6-4-23)20-10-14-7-15(11-20)9-16(8-14)12-20/h13-16H,2-12H2,1H3,(H,21,22). The van der Waals surface area contributed by atoms with E-state index in [1.54, 1.807) is 6.20 Å². The highest BCUT2D eigenvalue weighted by Crippen LogP contribution is 2.57. The van der Waals surface area contributed by atoms with Crippen LogP contribution in [0.3, 0.4) is 0 Å². The van der Waals surface area contributed by atoms with Crippen molar-refractivity contribution in [2.75, 3.05) is 26.2 Å². The van der Waals surface area contributed by atoms with E-state index in [0.717, 1.165) is 61.6 Å².